The fourth-order valence-corrected chi connectivity index (χ4v) is 3.62. The van der Waals surface area contributed by atoms with Crippen molar-refractivity contribution in [3.05, 3.63) is 41.4 Å². The minimum Gasteiger partial charge on any atom is -0.394 e. The van der Waals surface area contributed by atoms with E-state index < -0.39 is 0 Å². The van der Waals surface area contributed by atoms with Gasteiger partial charge in [0.2, 0.25) is 0 Å². The molecular weight excluding hydrogens is 278 g/mol. The molecule has 1 aromatic carbocycles. The summed E-state index contributed by atoms with van der Waals surface area (Å²) in [6.07, 6.45) is 0.828. The first kappa shape index (κ1) is 14.5. The lowest BCUT2D eigenvalue weighted by atomic mass is 9.88. The van der Waals surface area contributed by atoms with E-state index >= 15 is 0 Å². The molecule has 2 aromatic rings. The molecule has 1 atom stereocenters. The number of benzene rings is 1. The number of nitrogens with one attached hydrogen (secondary N) is 1. The van der Waals surface area contributed by atoms with Gasteiger partial charge in [0.05, 0.1) is 12.1 Å². The Balaban J connectivity index is 2.03. The van der Waals surface area contributed by atoms with Crippen LogP contribution in [0.3, 0.4) is 0 Å². The number of aliphatic hydroxyl groups excluding tert-OH is 1. The number of aliphatic hydroxyl groups is 1. The van der Waals surface area contributed by atoms with Crippen molar-refractivity contribution in [2.45, 2.75) is 16.3 Å². The Morgan fingerprint density at radius 1 is 1.37 bits per heavy atom. The zero-order chi connectivity index (χ0) is 13.6. The predicted octanol–water partition coefficient (Wildman–Crippen LogP) is 2.13. The average Bonchev–Trinajstić information content (AvgIpc) is 2.98. The van der Waals surface area contributed by atoms with Gasteiger partial charge < -0.3 is 10.4 Å². The number of aromatic nitrogens is 2. The maximum atomic E-state index is 9.79. The maximum absolute atomic E-state index is 9.79. The van der Waals surface area contributed by atoms with Crippen LogP contribution in [0.15, 0.2) is 40.2 Å². The van der Waals surface area contributed by atoms with Crippen LogP contribution >= 0.6 is 23.1 Å². The molecule has 19 heavy (non-hydrogen) atoms. The Hall–Kier alpha value is -0.950. The highest BCUT2D eigenvalue weighted by molar-refractivity contribution is 8.00. The summed E-state index contributed by atoms with van der Waals surface area (Å²) >= 11 is 3.22. The third-order valence-corrected chi connectivity index (χ3v) is 5.03. The molecule has 0 amide bonds. The second-order valence-electron chi connectivity index (χ2n) is 4.16. The Morgan fingerprint density at radius 3 is 2.74 bits per heavy atom. The molecule has 0 bridgehead atoms. The van der Waals surface area contributed by atoms with Crippen LogP contribution in [-0.4, -0.2) is 34.7 Å². The van der Waals surface area contributed by atoms with Gasteiger partial charge in [0.15, 0.2) is 4.34 Å². The topological polar surface area (TPSA) is 58.0 Å². The molecule has 4 nitrogen and oxygen atoms in total. The zero-order valence-electron chi connectivity index (χ0n) is 10.7. The standard InChI is InChI=1S/C13H17N3OS2/c1-14-13(9-17,11-5-3-2-4-6-11)7-8-18-12-16-15-10-19-12/h2-6,10,14,17H,7-9H2,1H3. The van der Waals surface area contributed by atoms with Gasteiger partial charge in [-0.1, -0.05) is 53.4 Å². The van der Waals surface area contributed by atoms with Gasteiger partial charge in [0.25, 0.3) is 0 Å². The lowest BCUT2D eigenvalue weighted by Gasteiger charge is -2.32. The van der Waals surface area contributed by atoms with E-state index in [1.807, 2.05) is 37.4 Å². The van der Waals surface area contributed by atoms with Gasteiger partial charge in [0, 0.05) is 5.75 Å². The van der Waals surface area contributed by atoms with Crippen LogP contribution in [0.2, 0.25) is 0 Å². The predicted molar refractivity (Wildman–Crippen MR) is 79.5 cm³/mol. The number of hydrogen-bond acceptors (Lipinski definition) is 6. The monoisotopic (exact) mass is 295 g/mol. The van der Waals surface area contributed by atoms with Crippen LogP contribution in [0.5, 0.6) is 0 Å². The van der Waals surface area contributed by atoms with E-state index in [1.165, 1.54) is 0 Å². The summed E-state index contributed by atoms with van der Waals surface area (Å²) in [5.74, 6) is 0.880. The molecule has 0 aliphatic heterocycles. The van der Waals surface area contributed by atoms with Crippen molar-refractivity contribution in [2.24, 2.45) is 0 Å². The number of rotatable bonds is 7. The lowest BCUT2D eigenvalue weighted by molar-refractivity contribution is 0.165. The zero-order valence-corrected chi connectivity index (χ0v) is 12.4. The van der Waals surface area contributed by atoms with Crippen LogP contribution in [0.1, 0.15) is 12.0 Å². The molecule has 1 aromatic heterocycles. The van der Waals surface area contributed by atoms with Gasteiger partial charge in [-0.25, -0.2) is 0 Å². The molecule has 102 valence electrons. The van der Waals surface area contributed by atoms with Crippen molar-refractivity contribution in [3.63, 3.8) is 0 Å². The van der Waals surface area contributed by atoms with E-state index in [2.05, 4.69) is 15.5 Å². The second-order valence-corrected chi connectivity index (χ2v) is 6.33. The van der Waals surface area contributed by atoms with Gasteiger partial charge in [-0.05, 0) is 19.0 Å². The minimum absolute atomic E-state index is 0.0736. The minimum atomic E-state index is -0.390. The lowest BCUT2D eigenvalue weighted by Crippen LogP contribution is -2.44. The van der Waals surface area contributed by atoms with Crippen LogP contribution < -0.4 is 5.32 Å². The summed E-state index contributed by atoms with van der Waals surface area (Å²) in [5.41, 5.74) is 2.45. The van der Waals surface area contributed by atoms with E-state index in [1.54, 1.807) is 28.6 Å². The number of nitrogens with zero attached hydrogens (tertiary/aromatic N) is 2. The molecule has 0 aliphatic rings. The number of hydrogen-bond donors (Lipinski definition) is 2. The number of likely N-dealkylation sites (N-methyl/N-ethyl adjacent to an activating group) is 1. The highest BCUT2D eigenvalue weighted by Gasteiger charge is 2.29. The summed E-state index contributed by atoms with van der Waals surface area (Å²) in [5, 5.41) is 20.9. The first-order valence-corrected chi connectivity index (χ1v) is 7.91. The molecule has 2 N–H and O–H groups in total. The van der Waals surface area contributed by atoms with Gasteiger partial charge in [-0.2, -0.15) is 0 Å². The van der Waals surface area contributed by atoms with E-state index in [9.17, 15) is 5.11 Å². The quantitative estimate of drug-likeness (QED) is 0.766. The Morgan fingerprint density at radius 2 is 2.16 bits per heavy atom. The molecule has 0 radical (unpaired) electrons. The first-order valence-electron chi connectivity index (χ1n) is 6.05. The van der Waals surface area contributed by atoms with Crippen molar-refractivity contribution in [1.82, 2.24) is 15.5 Å². The van der Waals surface area contributed by atoms with Crippen LogP contribution in [0.25, 0.3) is 0 Å². The van der Waals surface area contributed by atoms with E-state index in [4.69, 9.17) is 0 Å². The summed E-state index contributed by atoms with van der Waals surface area (Å²) in [6.45, 7) is 0.0736. The van der Waals surface area contributed by atoms with Gasteiger partial charge in [0.1, 0.15) is 5.51 Å². The fraction of sp³-hybridized carbons (Fsp3) is 0.385. The molecular formula is C13H17N3OS2. The van der Waals surface area contributed by atoms with Crippen molar-refractivity contribution < 1.29 is 5.11 Å². The Bertz CT molecular complexity index is 472. The Labute approximate surface area is 121 Å². The highest BCUT2D eigenvalue weighted by Crippen LogP contribution is 2.28. The Kier molecular flexibility index (Phi) is 5.33. The van der Waals surface area contributed by atoms with Crippen molar-refractivity contribution >= 4 is 23.1 Å². The molecule has 0 fully saturated rings. The van der Waals surface area contributed by atoms with Gasteiger partial charge >= 0.3 is 0 Å². The highest BCUT2D eigenvalue weighted by atomic mass is 32.2. The number of thioether (sulfide) groups is 1. The van der Waals surface area contributed by atoms with E-state index in [0.717, 1.165) is 22.1 Å². The SMILES string of the molecule is CNC(CO)(CCSc1nncs1)c1ccccc1. The maximum Gasteiger partial charge on any atom is 0.174 e. The van der Waals surface area contributed by atoms with Crippen LogP contribution in [-0.2, 0) is 5.54 Å². The molecule has 1 heterocycles. The van der Waals surface area contributed by atoms with Gasteiger partial charge in [-0.3, -0.25) is 0 Å². The smallest absolute Gasteiger partial charge is 0.174 e. The molecule has 0 aliphatic carbocycles. The third-order valence-electron chi connectivity index (χ3n) is 3.17. The molecule has 2 rings (SSSR count). The van der Waals surface area contributed by atoms with Gasteiger partial charge in [-0.15, -0.1) is 10.2 Å². The summed E-state index contributed by atoms with van der Waals surface area (Å²) < 4.78 is 0.969. The second kappa shape index (κ2) is 7.00. The van der Waals surface area contributed by atoms with Crippen LogP contribution in [0.4, 0.5) is 0 Å². The first-order chi connectivity index (χ1) is 9.30. The van der Waals surface area contributed by atoms with E-state index in [0.29, 0.717) is 0 Å². The summed E-state index contributed by atoms with van der Waals surface area (Å²) in [4.78, 5) is 0. The fourth-order valence-electron chi connectivity index (χ4n) is 1.96. The molecule has 6 heteroatoms. The average molecular weight is 295 g/mol. The van der Waals surface area contributed by atoms with Crippen LogP contribution in [0, 0.1) is 0 Å². The van der Waals surface area contributed by atoms with Crippen molar-refractivity contribution in [3.8, 4) is 0 Å². The third kappa shape index (κ3) is 3.54. The summed E-state index contributed by atoms with van der Waals surface area (Å²) in [7, 11) is 1.89. The summed E-state index contributed by atoms with van der Waals surface area (Å²) in [6, 6.07) is 10.1. The largest absolute Gasteiger partial charge is 0.394 e. The van der Waals surface area contributed by atoms with E-state index in [-0.39, 0.29) is 12.1 Å². The van der Waals surface area contributed by atoms with Crippen molar-refractivity contribution in [1.29, 1.82) is 0 Å². The molecule has 0 saturated carbocycles. The molecule has 1 unspecified atom stereocenters. The molecule has 0 spiro atoms. The van der Waals surface area contributed by atoms with Crippen molar-refractivity contribution in [2.75, 3.05) is 19.4 Å². The molecule has 0 saturated heterocycles. The normalized spacial score (nSPS) is 14.2.